The minimum atomic E-state index is -0.812. The Balaban J connectivity index is 2.94. The van der Waals surface area contributed by atoms with Crippen LogP contribution in [-0.2, 0) is 4.79 Å². The maximum Gasteiger partial charge on any atom is 0.242 e. The molecule has 0 radical (unpaired) electrons. The molecule has 0 aliphatic rings. The van der Waals surface area contributed by atoms with E-state index < -0.39 is 11.4 Å². The van der Waals surface area contributed by atoms with Gasteiger partial charge < -0.3 is 11.1 Å². The number of nitrogens with zero attached hydrogens (tertiary/aromatic N) is 2. The number of primary amides is 1. The molecule has 0 atom stereocenters. The average molecular weight is 208 g/mol. The highest BCUT2D eigenvalue weighted by atomic mass is 16.1. The highest BCUT2D eigenvalue weighted by Crippen LogP contribution is 2.13. The Bertz CT molecular complexity index is 367. The molecule has 0 aromatic carbocycles. The summed E-state index contributed by atoms with van der Waals surface area (Å²) in [6, 6.07) is 1.78. The summed E-state index contributed by atoms with van der Waals surface area (Å²) in [5.74, 6) is 0.859. The monoisotopic (exact) mass is 208 g/mol. The minimum Gasteiger partial charge on any atom is -0.368 e. The van der Waals surface area contributed by atoms with Gasteiger partial charge in [0.05, 0.1) is 0 Å². The molecule has 1 aromatic heterocycles. The molecule has 1 rings (SSSR count). The van der Waals surface area contributed by atoms with Gasteiger partial charge in [0, 0.05) is 11.8 Å². The fourth-order valence-electron chi connectivity index (χ4n) is 1.16. The van der Waals surface area contributed by atoms with Gasteiger partial charge in [-0.05, 0) is 27.7 Å². The van der Waals surface area contributed by atoms with Gasteiger partial charge in [-0.25, -0.2) is 9.97 Å². The Morgan fingerprint density at radius 3 is 2.47 bits per heavy atom. The topological polar surface area (TPSA) is 80.9 Å². The van der Waals surface area contributed by atoms with Crippen LogP contribution in [0, 0.1) is 13.8 Å². The normalized spacial score (nSPS) is 11.2. The van der Waals surface area contributed by atoms with Gasteiger partial charge in [0.2, 0.25) is 5.91 Å². The predicted octanol–water partition coefficient (Wildman–Crippen LogP) is 0.769. The second kappa shape index (κ2) is 3.84. The first-order valence-electron chi connectivity index (χ1n) is 4.71. The van der Waals surface area contributed by atoms with Crippen LogP contribution in [-0.4, -0.2) is 21.4 Å². The molecule has 0 saturated carbocycles. The number of rotatable bonds is 3. The third kappa shape index (κ3) is 2.90. The second-order valence-corrected chi connectivity index (χ2v) is 4.06. The Kier molecular flexibility index (Phi) is 2.93. The van der Waals surface area contributed by atoms with Crippen LogP contribution >= 0.6 is 0 Å². The van der Waals surface area contributed by atoms with Crippen molar-refractivity contribution >= 4 is 11.7 Å². The van der Waals surface area contributed by atoms with Crippen LogP contribution in [0.5, 0.6) is 0 Å². The molecular weight excluding hydrogens is 192 g/mol. The summed E-state index contributed by atoms with van der Waals surface area (Å²) >= 11 is 0. The van der Waals surface area contributed by atoms with Gasteiger partial charge in [0.1, 0.15) is 17.2 Å². The van der Waals surface area contributed by atoms with Crippen molar-refractivity contribution in [2.24, 2.45) is 5.73 Å². The molecular formula is C10H16N4O. The number of aryl methyl sites for hydroxylation is 2. The number of nitrogens with two attached hydrogens (primary N) is 1. The number of anilines is 1. The fraction of sp³-hybridized carbons (Fsp3) is 0.500. The number of amides is 1. The number of hydrogen-bond acceptors (Lipinski definition) is 4. The van der Waals surface area contributed by atoms with Gasteiger partial charge in [-0.2, -0.15) is 0 Å². The Hall–Kier alpha value is -1.65. The van der Waals surface area contributed by atoms with Gasteiger partial charge in [0.25, 0.3) is 0 Å². The number of carbonyl (C=O) groups excluding carboxylic acids is 1. The van der Waals surface area contributed by atoms with E-state index in [1.807, 2.05) is 6.92 Å². The number of nitrogens with one attached hydrogen (secondary N) is 1. The first-order valence-corrected chi connectivity index (χ1v) is 4.71. The van der Waals surface area contributed by atoms with Crippen molar-refractivity contribution < 1.29 is 4.79 Å². The summed E-state index contributed by atoms with van der Waals surface area (Å²) in [4.78, 5) is 19.4. The van der Waals surface area contributed by atoms with Crippen LogP contribution in [0.2, 0.25) is 0 Å². The summed E-state index contributed by atoms with van der Waals surface area (Å²) in [7, 11) is 0. The minimum absolute atomic E-state index is 0.420. The molecule has 82 valence electrons. The van der Waals surface area contributed by atoms with E-state index in [-0.39, 0.29) is 0 Å². The first kappa shape index (κ1) is 11.4. The summed E-state index contributed by atoms with van der Waals surface area (Å²) in [5.41, 5.74) is 5.29. The van der Waals surface area contributed by atoms with E-state index in [4.69, 9.17) is 5.73 Å². The number of hydrogen-bond donors (Lipinski definition) is 2. The van der Waals surface area contributed by atoms with Crippen molar-refractivity contribution in [3.8, 4) is 0 Å². The Morgan fingerprint density at radius 2 is 2.00 bits per heavy atom. The molecule has 3 N–H and O–H groups in total. The molecule has 5 nitrogen and oxygen atoms in total. The van der Waals surface area contributed by atoms with E-state index in [0.717, 1.165) is 5.69 Å². The van der Waals surface area contributed by atoms with Gasteiger partial charge in [-0.15, -0.1) is 0 Å². The van der Waals surface area contributed by atoms with Gasteiger partial charge in [-0.1, -0.05) is 0 Å². The quantitative estimate of drug-likeness (QED) is 0.768. The van der Waals surface area contributed by atoms with Crippen LogP contribution in [0.25, 0.3) is 0 Å². The zero-order chi connectivity index (χ0) is 11.6. The standard InChI is InChI=1S/C10H16N4O/c1-6-5-8(13-7(2)12-6)14-10(3,4)9(11)15/h5H,1-4H3,(H2,11,15)(H,12,13,14). The van der Waals surface area contributed by atoms with Crippen molar-refractivity contribution in [1.29, 1.82) is 0 Å². The van der Waals surface area contributed by atoms with E-state index >= 15 is 0 Å². The summed E-state index contributed by atoms with van der Waals surface area (Å²) < 4.78 is 0. The smallest absolute Gasteiger partial charge is 0.242 e. The van der Waals surface area contributed by atoms with Crippen molar-refractivity contribution in [2.45, 2.75) is 33.2 Å². The lowest BCUT2D eigenvalue weighted by Gasteiger charge is -2.23. The third-order valence-electron chi connectivity index (χ3n) is 2.02. The van der Waals surface area contributed by atoms with E-state index in [1.54, 1.807) is 26.8 Å². The average Bonchev–Trinajstić information content (AvgIpc) is 1.99. The van der Waals surface area contributed by atoms with E-state index in [0.29, 0.717) is 11.6 Å². The lowest BCUT2D eigenvalue weighted by Crippen LogP contribution is -2.45. The fourth-order valence-corrected chi connectivity index (χ4v) is 1.16. The van der Waals surface area contributed by atoms with Crippen molar-refractivity contribution in [1.82, 2.24) is 9.97 Å². The van der Waals surface area contributed by atoms with Crippen molar-refractivity contribution in [2.75, 3.05) is 5.32 Å². The molecule has 15 heavy (non-hydrogen) atoms. The molecule has 1 heterocycles. The number of carbonyl (C=O) groups is 1. The second-order valence-electron chi connectivity index (χ2n) is 4.06. The van der Waals surface area contributed by atoms with Crippen LogP contribution in [0.15, 0.2) is 6.07 Å². The molecule has 0 spiro atoms. The largest absolute Gasteiger partial charge is 0.368 e. The van der Waals surface area contributed by atoms with E-state index in [9.17, 15) is 4.79 Å². The molecule has 0 saturated heterocycles. The molecule has 0 bridgehead atoms. The summed E-state index contributed by atoms with van der Waals surface area (Å²) in [5, 5.41) is 2.97. The third-order valence-corrected chi connectivity index (χ3v) is 2.02. The van der Waals surface area contributed by atoms with E-state index in [1.165, 1.54) is 0 Å². The zero-order valence-corrected chi connectivity index (χ0v) is 9.46. The lowest BCUT2D eigenvalue weighted by molar-refractivity contribution is -0.121. The Morgan fingerprint density at radius 1 is 1.40 bits per heavy atom. The molecule has 0 fully saturated rings. The highest BCUT2D eigenvalue weighted by Gasteiger charge is 2.24. The van der Waals surface area contributed by atoms with Crippen LogP contribution < -0.4 is 11.1 Å². The molecule has 1 amide bonds. The maximum absolute atomic E-state index is 11.1. The number of aromatic nitrogens is 2. The molecule has 0 aliphatic carbocycles. The van der Waals surface area contributed by atoms with Gasteiger partial charge >= 0.3 is 0 Å². The highest BCUT2D eigenvalue weighted by molar-refractivity contribution is 5.86. The summed E-state index contributed by atoms with van der Waals surface area (Å²) in [6.07, 6.45) is 0. The van der Waals surface area contributed by atoms with Crippen molar-refractivity contribution in [3.63, 3.8) is 0 Å². The van der Waals surface area contributed by atoms with Crippen LogP contribution in [0.4, 0.5) is 5.82 Å². The summed E-state index contributed by atoms with van der Waals surface area (Å²) in [6.45, 7) is 7.09. The van der Waals surface area contributed by atoms with Gasteiger partial charge in [0.15, 0.2) is 0 Å². The first-order chi connectivity index (χ1) is 6.81. The van der Waals surface area contributed by atoms with Crippen molar-refractivity contribution in [3.05, 3.63) is 17.6 Å². The molecule has 0 unspecified atom stereocenters. The SMILES string of the molecule is Cc1cc(NC(C)(C)C(N)=O)nc(C)n1. The molecule has 0 aliphatic heterocycles. The Labute approximate surface area is 89.1 Å². The predicted molar refractivity (Wildman–Crippen MR) is 58.4 cm³/mol. The van der Waals surface area contributed by atoms with Crippen LogP contribution in [0.1, 0.15) is 25.4 Å². The molecule has 5 heteroatoms. The zero-order valence-electron chi connectivity index (χ0n) is 9.46. The van der Waals surface area contributed by atoms with E-state index in [2.05, 4.69) is 15.3 Å². The van der Waals surface area contributed by atoms with Crippen LogP contribution in [0.3, 0.4) is 0 Å². The van der Waals surface area contributed by atoms with Gasteiger partial charge in [-0.3, -0.25) is 4.79 Å². The maximum atomic E-state index is 11.1. The lowest BCUT2D eigenvalue weighted by atomic mass is 10.1. The molecule has 1 aromatic rings.